The number of nitrogens with zero attached hydrogens (tertiary/aromatic N) is 2. The van der Waals surface area contributed by atoms with Crippen molar-refractivity contribution in [1.82, 2.24) is 0 Å². The van der Waals surface area contributed by atoms with Gasteiger partial charge in [-0.2, -0.15) is 13.5 Å². The Morgan fingerprint density at radius 3 is 2.11 bits per heavy atom. The number of anilines is 2. The van der Waals surface area contributed by atoms with E-state index < -0.39 is 36.7 Å². The molecule has 0 heterocycles. The van der Waals surface area contributed by atoms with E-state index in [-0.39, 0.29) is 27.5 Å². The van der Waals surface area contributed by atoms with Crippen LogP contribution in [-0.4, -0.2) is 32.4 Å². The number of fused-ring (bicyclic) bond motifs is 1. The van der Waals surface area contributed by atoms with Gasteiger partial charge in [-0.1, -0.05) is 60.7 Å². The van der Waals surface area contributed by atoms with Gasteiger partial charge in [0, 0.05) is 11.1 Å². The molecule has 0 aromatic heterocycles. The average Bonchev–Trinajstić information content (AvgIpc) is 2.97. The van der Waals surface area contributed by atoms with Crippen LogP contribution in [0.1, 0.15) is 21.5 Å². The fourth-order valence-corrected chi connectivity index (χ4v) is 6.58. The lowest BCUT2D eigenvalue weighted by molar-refractivity contribution is 0.102. The van der Waals surface area contributed by atoms with Gasteiger partial charge in [-0.25, -0.2) is 8.42 Å². The molecule has 1 amide bonds. The number of hydrogen-bond acceptors (Lipinski definition) is 8. The summed E-state index contributed by atoms with van der Waals surface area (Å²) in [5.74, 6) is -0.971. The second-order valence-electron chi connectivity index (χ2n) is 9.84. The van der Waals surface area contributed by atoms with Crippen LogP contribution in [-0.2, 0) is 20.1 Å². The smallest absolute Gasteiger partial charge is 0.296 e. The van der Waals surface area contributed by atoms with Gasteiger partial charge < -0.3 is 10.4 Å². The molecule has 0 fully saturated rings. The predicted molar refractivity (Wildman–Crippen MR) is 167 cm³/mol. The number of para-hydroxylation sites is 2. The molecule has 5 rings (SSSR count). The van der Waals surface area contributed by atoms with E-state index in [1.54, 1.807) is 49.4 Å². The van der Waals surface area contributed by atoms with Crippen LogP contribution in [0, 0.1) is 13.8 Å². The third-order valence-electron chi connectivity index (χ3n) is 6.77. The Balaban J connectivity index is 1.52. The van der Waals surface area contributed by atoms with Crippen LogP contribution in [0.2, 0.25) is 0 Å². The number of amides is 1. The number of carbonyl (C=O) groups is 1. The van der Waals surface area contributed by atoms with Crippen molar-refractivity contribution in [3.05, 3.63) is 114 Å². The highest BCUT2D eigenvalue weighted by Gasteiger charge is 2.23. The summed E-state index contributed by atoms with van der Waals surface area (Å²) in [6.45, 7) is 3.38. The fourth-order valence-electron chi connectivity index (χ4n) is 4.52. The number of sulfonamides is 1. The number of aromatic hydroxyl groups is 1. The molecule has 0 aliphatic carbocycles. The number of aryl methyl sites for hydroxylation is 2. The monoisotopic (exact) mass is 630 g/mol. The number of rotatable bonds is 8. The first-order valence-corrected chi connectivity index (χ1v) is 16.0. The minimum atomic E-state index is -4.71. The van der Waals surface area contributed by atoms with Gasteiger partial charge in [0.05, 0.1) is 21.8 Å². The minimum absolute atomic E-state index is 0.00298. The number of benzene rings is 5. The van der Waals surface area contributed by atoms with Crippen molar-refractivity contribution >= 4 is 59.6 Å². The molecule has 0 unspecified atom stereocenters. The van der Waals surface area contributed by atoms with Crippen LogP contribution >= 0.6 is 0 Å². The highest BCUT2D eigenvalue weighted by Crippen LogP contribution is 2.40. The van der Waals surface area contributed by atoms with E-state index in [0.717, 1.165) is 11.6 Å². The van der Waals surface area contributed by atoms with Crippen molar-refractivity contribution in [3.8, 4) is 5.75 Å². The molecule has 0 aliphatic rings. The molecule has 0 atom stereocenters. The molecule has 13 heteroatoms. The van der Waals surface area contributed by atoms with Gasteiger partial charge in [-0.3, -0.25) is 14.1 Å². The summed E-state index contributed by atoms with van der Waals surface area (Å²) in [6, 6.07) is 25.0. The molecule has 224 valence electrons. The number of hydrogen-bond donors (Lipinski definition) is 4. The van der Waals surface area contributed by atoms with Gasteiger partial charge in [0.25, 0.3) is 26.0 Å². The van der Waals surface area contributed by atoms with E-state index in [1.807, 2.05) is 19.1 Å². The van der Waals surface area contributed by atoms with Crippen LogP contribution in [0.4, 0.5) is 22.7 Å². The molecule has 0 bridgehead atoms. The molecule has 0 saturated carbocycles. The van der Waals surface area contributed by atoms with Crippen LogP contribution in [0.25, 0.3) is 10.8 Å². The maximum atomic E-state index is 13.3. The normalized spacial score (nSPS) is 12.0. The molecule has 0 spiro atoms. The number of azo groups is 1. The van der Waals surface area contributed by atoms with E-state index in [1.165, 1.54) is 36.4 Å². The van der Waals surface area contributed by atoms with Crippen LogP contribution in [0.5, 0.6) is 5.75 Å². The molecule has 5 aromatic carbocycles. The quantitative estimate of drug-likeness (QED) is 0.107. The first-order valence-electron chi connectivity index (χ1n) is 13.1. The second-order valence-corrected chi connectivity index (χ2v) is 12.9. The van der Waals surface area contributed by atoms with Gasteiger partial charge in [0.15, 0.2) is 5.75 Å². The fraction of sp³-hybridized carbons (Fsp3) is 0.0645. The zero-order valence-corrected chi connectivity index (χ0v) is 25.0. The van der Waals surface area contributed by atoms with Crippen LogP contribution < -0.4 is 10.0 Å². The maximum absolute atomic E-state index is 13.3. The topological polar surface area (TPSA) is 175 Å². The van der Waals surface area contributed by atoms with Crippen molar-refractivity contribution < 1.29 is 31.3 Å². The number of phenols is 1. The Bertz CT molecular complexity index is 2180. The summed E-state index contributed by atoms with van der Waals surface area (Å²) in [7, 11) is -9.07. The molecule has 5 aromatic rings. The molecule has 0 aliphatic heterocycles. The van der Waals surface area contributed by atoms with E-state index in [4.69, 9.17) is 0 Å². The first-order chi connectivity index (χ1) is 20.8. The zero-order valence-electron chi connectivity index (χ0n) is 23.4. The molecule has 44 heavy (non-hydrogen) atoms. The van der Waals surface area contributed by atoms with E-state index >= 15 is 0 Å². The number of phenolic OH excluding ortho intramolecular Hbond substituents is 1. The van der Waals surface area contributed by atoms with Crippen molar-refractivity contribution in [2.45, 2.75) is 23.6 Å². The maximum Gasteiger partial charge on any atom is 0.296 e. The lowest BCUT2D eigenvalue weighted by atomic mass is 10.0. The Hall–Kier alpha value is -5.11. The van der Waals surface area contributed by atoms with Crippen molar-refractivity contribution in [2.24, 2.45) is 10.2 Å². The molecule has 0 radical (unpaired) electrons. The summed E-state index contributed by atoms with van der Waals surface area (Å²) in [5.41, 5.74) is 1.47. The highest BCUT2D eigenvalue weighted by molar-refractivity contribution is 7.93. The van der Waals surface area contributed by atoms with E-state index in [9.17, 15) is 31.3 Å². The van der Waals surface area contributed by atoms with Gasteiger partial charge >= 0.3 is 0 Å². The van der Waals surface area contributed by atoms with Crippen LogP contribution in [0.3, 0.4) is 0 Å². The first kappa shape index (κ1) is 30.4. The lowest BCUT2D eigenvalue weighted by Crippen LogP contribution is -2.16. The largest absolute Gasteiger partial charge is 0.505 e. The van der Waals surface area contributed by atoms with Gasteiger partial charge in [-0.05, 0) is 66.8 Å². The van der Waals surface area contributed by atoms with Gasteiger partial charge in [0.1, 0.15) is 10.6 Å². The van der Waals surface area contributed by atoms with Crippen molar-refractivity contribution in [2.75, 3.05) is 10.0 Å². The summed E-state index contributed by atoms with van der Waals surface area (Å²) in [6.07, 6.45) is 0. The Morgan fingerprint density at radius 2 is 1.39 bits per heavy atom. The second kappa shape index (κ2) is 11.9. The standard InChI is InChI=1S/C31H26N4O7S2/c1-19-9-3-6-12-25(19)32-31(37)24-17-21-10-4-5-11-23(21)29(30(24)36)34-33-22-16-15-20(2)28(18-22)43(38,39)35-26-13-7-8-14-27(26)44(40,41)42/h3-18,35-36H,1-2H3,(H,32,37)(H,40,41,42). The Kier molecular flexibility index (Phi) is 8.19. The Labute approximate surface area is 253 Å². The third-order valence-corrected chi connectivity index (χ3v) is 9.19. The highest BCUT2D eigenvalue weighted by atomic mass is 32.2. The summed E-state index contributed by atoms with van der Waals surface area (Å²) < 4.78 is 61.8. The van der Waals surface area contributed by atoms with Crippen molar-refractivity contribution in [1.29, 1.82) is 0 Å². The molecule has 0 saturated heterocycles. The number of nitrogens with one attached hydrogen (secondary N) is 2. The number of carbonyl (C=O) groups excluding carboxylic acids is 1. The van der Waals surface area contributed by atoms with E-state index in [0.29, 0.717) is 22.0 Å². The van der Waals surface area contributed by atoms with Crippen molar-refractivity contribution in [3.63, 3.8) is 0 Å². The minimum Gasteiger partial charge on any atom is -0.505 e. The summed E-state index contributed by atoms with van der Waals surface area (Å²) in [4.78, 5) is 12.4. The predicted octanol–water partition coefficient (Wildman–Crippen LogP) is 6.88. The lowest BCUT2D eigenvalue weighted by Gasteiger charge is -2.13. The molecular weight excluding hydrogens is 604 g/mol. The SMILES string of the molecule is Cc1ccccc1NC(=O)c1cc2ccccc2c(N=Nc2ccc(C)c(S(=O)(=O)Nc3ccccc3S(=O)(=O)O)c2)c1O. The Morgan fingerprint density at radius 1 is 0.727 bits per heavy atom. The zero-order chi connectivity index (χ0) is 31.6. The average molecular weight is 631 g/mol. The summed E-state index contributed by atoms with van der Waals surface area (Å²) in [5, 5.41) is 23.5. The van der Waals surface area contributed by atoms with Gasteiger partial charge in [-0.15, -0.1) is 5.11 Å². The van der Waals surface area contributed by atoms with Crippen LogP contribution in [0.15, 0.2) is 117 Å². The third kappa shape index (κ3) is 6.29. The summed E-state index contributed by atoms with van der Waals surface area (Å²) >= 11 is 0. The molecule has 11 nitrogen and oxygen atoms in total. The van der Waals surface area contributed by atoms with Gasteiger partial charge in [0.2, 0.25) is 0 Å². The molecule has 4 N–H and O–H groups in total. The molecular formula is C31H26N4O7S2. The van der Waals surface area contributed by atoms with E-state index in [2.05, 4.69) is 20.3 Å².